The lowest BCUT2D eigenvalue weighted by Crippen LogP contribution is -2.50. The monoisotopic (exact) mass is 331 g/mol. The SMILES string of the molecule is CS(=O)(=O)N1CCC(NC(=O)C(N)CC2CCCCC2)CC1. The molecule has 7 heteroatoms. The van der Waals surface area contributed by atoms with Crippen molar-refractivity contribution < 1.29 is 13.2 Å². The molecule has 0 bridgehead atoms. The molecule has 0 aromatic rings. The number of nitrogens with two attached hydrogens (primary N) is 1. The van der Waals surface area contributed by atoms with Crippen LogP contribution in [0, 0.1) is 5.92 Å². The average molecular weight is 331 g/mol. The van der Waals surface area contributed by atoms with Crippen molar-refractivity contribution in [1.82, 2.24) is 9.62 Å². The molecule has 1 saturated carbocycles. The summed E-state index contributed by atoms with van der Waals surface area (Å²) in [6.45, 7) is 0.948. The summed E-state index contributed by atoms with van der Waals surface area (Å²) < 4.78 is 24.4. The van der Waals surface area contributed by atoms with Gasteiger partial charge >= 0.3 is 0 Å². The zero-order valence-corrected chi connectivity index (χ0v) is 14.3. The summed E-state index contributed by atoms with van der Waals surface area (Å²) in [5.41, 5.74) is 6.04. The van der Waals surface area contributed by atoms with Gasteiger partial charge in [0.1, 0.15) is 0 Å². The predicted octanol–water partition coefficient (Wildman–Crippen LogP) is 0.824. The molecule has 22 heavy (non-hydrogen) atoms. The molecule has 128 valence electrons. The Kier molecular flexibility index (Phi) is 6.23. The minimum atomic E-state index is -3.12. The van der Waals surface area contributed by atoms with Crippen molar-refractivity contribution in [2.24, 2.45) is 11.7 Å². The molecule has 0 radical (unpaired) electrons. The van der Waals surface area contributed by atoms with E-state index in [9.17, 15) is 13.2 Å². The van der Waals surface area contributed by atoms with Crippen LogP contribution in [-0.4, -0.2) is 50.1 Å². The third-order valence-corrected chi connectivity index (χ3v) is 6.22. The third kappa shape index (κ3) is 5.21. The highest BCUT2D eigenvalue weighted by Crippen LogP contribution is 2.27. The van der Waals surface area contributed by atoms with Crippen molar-refractivity contribution in [3.05, 3.63) is 0 Å². The first-order valence-corrected chi connectivity index (χ1v) is 10.2. The summed E-state index contributed by atoms with van der Waals surface area (Å²) >= 11 is 0. The zero-order chi connectivity index (χ0) is 16.2. The molecule has 1 heterocycles. The number of hydrogen-bond donors (Lipinski definition) is 2. The van der Waals surface area contributed by atoms with Gasteiger partial charge in [-0.3, -0.25) is 4.79 Å². The largest absolute Gasteiger partial charge is 0.352 e. The lowest BCUT2D eigenvalue weighted by atomic mass is 9.85. The molecule has 1 atom stereocenters. The standard InChI is InChI=1S/C15H29N3O3S/c1-22(20,21)18-9-7-13(8-10-18)17-15(19)14(16)11-12-5-3-2-4-6-12/h12-14H,2-11,16H2,1H3,(H,17,19). The van der Waals surface area contributed by atoms with Crippen molar-refractivity contribution in [3.63, 3.8) is 0 Å². The quantitative estimate of drug-likeness (QED) is 0.780. The molecular formula is C15H29N3O3S. The fraction of sp³-hybridized carbons (Fsp3) is 0.933. The number of amides is 1. The first-order valence-electron chi connectivity index (χ1n) is 8.37. The number of carbonyl (C=O) groups is 1. The van der Waals surface area contributed by atoms with Gasteiger partial charge in [-0.1, -0.05) is 32.1 Å². The first-order chi connectivity index (χ1) is 10.4. The van der Waals surface area contributed by atoms with Gasteiger partial charge in [0.25, 0.3) is 0 Å². The van der Waals surface area contributed by atoms with Crippen molar-refractivity contribution in [3.8, 4) is 0 Å². The van der Waals surface area contributed by atoms with E-state index >= 15 is 0 Å². The molecule has 1 unspecified atom stereocenters. The van der Waals surface area contributed by atoms with Crippen LogP contribution in [0.15, 0.2) is 0 Å². The fourth-order valence-corrected chi connectivity index (χ4v) is 4.40. The van der Waals surface area contributed by atoms with Crippen LogP contribution in [0.2, 0.25) is 0 Å². The molecule has 1 aliphatic carbocycles. The molecule has 2 fully saturated rings. The van der Waals surface area contributed by atoms with Gasteiger partial charge in [-0.2, -0.15) is 0 Å². The summed E-state index contributed by atoms with van der Waals surface area (Å²) in [6.07, 6.45) is 9.51. The Morgan fingerprint density at radius 3 is 2.32 bits per heavy atom. The Labute approximate surface area is 133 Å². The number of nitrogens with zero attached hydrogens (tertiary/aromatic N) is 1. The minimum Gasteiger partial charge on any atom is -0.352 e. The van der Waals surface area contributed by atoms with E-state index < -0.39 is 16.1 Å². The van der Waals surface area contributed by atoms with Gasteiger partial charge in [0.2, 0.25) is 15.9 Å². The summed E-state index contributed by atoms with van der Waals surface area (Å²) in [7, 11) is -3.12. The second-order valence-electron chi connectivity index (χ2n) is 6.79. The van der Waals surface area contributed by atoms with Gasteiger partial charge in [-0.15, -0.1) is 0 Å². The van der Waals surface area contributed by atoms with Gasteiger partial charge in [-0.05, 0) is 25.2 Å². The van der Waals surface area contributed by atoms with E-state index in [4.69, 9.17) is 5.73 Å². The van der Waals surface area contributed by atoms with Gasteiger partial charge in [0.05, 0.1) is 12.3 Å². The van der Waals surface area contributed by atoms with E-state index in [-0.39, 0.29) is 11.9 Å². The molecular weight excluding hydrogens is 302 g/mol. The number of hydrogen-bond acceptors (Lipinski definition) is 4. The van der Waals surface area contributed by atoms with E-state index in [2.05, 4.69) is 5.32 Å². The molecule has 2 aliphatic rings. The number of carbonyl (C=O) groups excluding carboxylic acids is 1. The molecule has 1 amide bonds. The Hall–Kier alpha value is -0.660. The molecule has 3 N–H and O–H groups in total. The molecule has 1 aliphatic heterocycles. The van der Waals surface area contributed by atoms with Crippen LogP contribution in [0.3, 0.4) is 0 Å². The van der Waals surface area contributed by atoms with Crippen molar-refractivity contribution in [1.29, 1.82) is 0 Å². The maximum absolute atomic E-state index is 12.2. The van der Waals surface area contributed by atoms with E-state index in [0.717, 1.165) is 6.42 Å². The molecule has 1 saturated heterocycles. The third-order valence-electron chi connectivity index (χ3n) is 4.92. The molecule has 0 spiro atoms. The van der Waals surface area contributed by atoms with Crippen molar-refractivity contribution in [2.45, 2.75) is 63.5 Å². The number of piperidine rings is 1. The lowest BCUT2D eigenvalue weighted by Gasteiger charge is -2.31. The van der Waals surface area contributed by atoms with Crippen LogP contribution in [0.5, 0.6) is 0 Å². The Morgan fingerprint density at radius 2 is 1.77 bits per heavy atom. The highest BCUT2D eigenvalue weighted by Gasteiger charge is 2.28. The summed E-state index contributed by atoms with van der Waals surface area (Å²) in [5, 5.41) is 2.99. The van der Waals surface area contributed by atoms with E-state index in [0.29, 0.717) is 31.8 Å². The highest BCUT2D eigenvalue weighted by atomic mass is 32.2. The predicted molar refractivity (Wildman–Crippen MR) is 86.7 cm³/mol. The van der Waals surface area contributed by atoms with Crippen LogP contribution in [0.1, 0.15) is 51.4 Å². The van der Waals surface area contributed by atoms with Crippen molar-refractivity contribution >= 4 is 15.9 Å². The molecule has 0 aromatic heterocycles. The van der Waals surface area contributed by atoms with Crippen molar-refractivity contribution in [2.75, 3.05) is 19.3 Å². The van der Waals surface area contributed by atoms with Gasteiger partial charge in [0, 0.05) is 19.1 Å². The maximum atomic E-state index is 12.2. The van der Waals surface area contributed by atoms with Crippen LogP contribution >= 0.6 is 0 Å². The van der Waals surface area contributed by atoms with E-state index in [1.54, 1.807) is 0 Å². The second kappa shape index (κ2) is 7.75. The molecule has 2 rings (SSSR count). The smallest absolute Gasteiger partial charge is 0.237 e. The Bertz CT molecular complexity index is 466. The topological polar surface area (TPSA) is 92.5 Å². The minimum absolute atomic E-state index is 0.0444. The number of nitrogens with one attached hydrogen (secondary N) is 1. The van der Waals surface area contributed by atoms with E-state index in [1.807, 2.05) is 0 Å². The number of sulfonamides is 1. The number of rotatable bonds is 5. The molecule has 6 nitrogen and oxygen atoms in total. The first kappa shape index (κ1) is 17.7. The second-order valence-corrected chi connectivity index (χ2v) is 8.77. The van der Waals surface area contributed by atoms with Crippen LogP contribution < -0.4 is 11.1 Å². The van der Waals surface area contributed by atoms with Gasteiger partial charge < -0.3 is 11.1 Å². The summed E-state index contributed by atoms with van der Waals surface area (Å²) in [5.74, 6) is 0.505. The fourth-order valence-electron chi connectivity index (χ4n) is 3.53. The van der Waals surface area contributed by atoms with E-state index in [1.165, 1.54) is 42.7 Å². The van der Waals surface area contributed by atoms with Crippen LogP contribution in [-0.2, 0) is 14.8 Å². The van der Waals surface area contributed by atoms with Gasteiger partial charge in [0.15, 0.2) is 0 Å². The maximum Gasteiger partial charge on any atom is 0.237 e. The Balaban J connectivity index is 1.73. The normalized spacial score (nSPS) is 24.1. The Morgan fingerprint density at radius 1 is 1.18 bits per heavy atom. The average Bonchev–Trinajstić information content (AvgIpc) is 2.48. The zero-order valence-electron chi connectivity index (χ0n) is 13.5. The summed E-state index contributed by atoms with van der Waals surface area (Å²) in [4.78, 5) is 12.2. The lowest BCUT2D eigenvalue weighted by molar-refractivity contribution is -0.123. The van der Waals surface area contributed by atoms with Crippen LogP contribution in [0.4, 0.5) is 0 Å². The molecule has 0 aromatic carbocycles. The van der Waals surface area contributed by atoms with Gasteiger partial charge in [-0.25, -0.2) is 12.7 Å². The summed E-state index contributed by atoms with van der Waals surface area (Å²) in [6, 6.07) is -0.390. The van der Waals surface area contributed by atoms with Crippen LogP contribution in [0.25, 0.3) is 0 Å². The highest BCUT2D eigenvalue weighted by molar-refractivity contribution is 7.88.